The third kappa shape index (κ3) is 1.91. The first-order valence-electron chi connectivity index (χ1n) is 4.33. The van der Waals surface area contributed by atoms with Gasteiger partial charge < -0.3 is 10.8 Å². The molecule has 0 fully saturated rings. The molecule has 14 heavy (non-hydrogen) atoms. The number of hydrogen-bond acceptors (Lipinski definition) is 2. The van der Waals surface area contributed by atoms with E-state index in [0.717, 1.165) is 6.07 Å². The number of nitrogens with two attached hydrogens (primary N) is 1. The molecule has 0 spiro atoms. The molecule has 0 aliphatic carbocycles. The van der Waals surface area contributed by atoms with Crippen molar-refractivity contribution in [1.82, 2.24) is 0 Å². The van der Waals surface area contributed by atoms with Gasteiger partial charge in [-0.25, -0.2) is 8.78 Å². The maximum Gasteiger partial charge on any atom is 0.133 e. The van der Waals surface area contributed by atoms with Crippen molar-refractivity contribution in [3.63, 3.8) is 0 Å². The van der Waals surface area contributed by atoms with Crippen LogP contribution in [0.25, 0.3) is 0 Å². The van der Waals surface area contributed by atoms with Crippen LogP contribution in [0.4, 0.5) is 8.78 Å². The minimum absolute atomic E-state index is 0.250. The van der Waals surface area contributed by atoms with Crippen LogP contribution in [0.15, 0.2) is 12.1 Å². The summed E-state index contributed by atoms with van der Waals surface area (Å²) in [5, 5.41) is 9.16. The lowest BCUT2D eigenvalue weighted by Crippen LogP contribution is -2.25. The van der Waals surface area contributed by atoms with Crippen molar-refractivity contribution in [2.24, 2.45) is 5.73 Å². The van der Waals surface area contributed by atoms with Gasteiger partial charge in [-0.3, -0.25) is 0 Å². The molecule has 0 saturated carbocycles. The zero-order valence-electron chi connectivity index (χ0n) is 8.09. The average molecular weight is 201 g/mol. The summed E-state index contributed by atoms with van der Waals surface area (Å²) in [6.45, 7) is 2.92. The lowest BCUT2D eigenvalue weighted by Gasteiger charge is -2.17. The molecule has 0 aliphatic rings. The molecule has 0 bridgehead atoms. The van der Waals surface area contributed by atoms with Gasteiger partial charge in [0.2, 0.25) is 0 Å². The number of aliphatic hydroxyl groups excluding tert-OH is 1. The van der Waals surface area contributed by atoms with E-state index in [0.29, 0.717) is 5.56 Å². The fourth-order valence-electron chi connectivity index (χ4n) is 1.23. The predicted molar refractivity (Wildman–Crippen MR) is 49.7 cm³/mol. The largest absolute Gasteiger partial charge is 0.391 e. The fraction of sp³-hybridized carbons (Fsp3) is 0.400. The van der Waals surface area contributed by atoms with Gasteiger partial charge >= 0.3 is 0 Å². The van der Waals surface area contributed by atoms with E-state index in [4.69, 9.17) is 10.8 Å². The Hall–Kier alpha value is -1.00. The number of halogens is 2. The standard InChI is InChI=1S/C10H13F2NO/c1-5-3-4-7(11)8(9(5)12)10(13)6(2)14/h3-4,6,10,14H,13H2,1-2H3/t6-,10-/m0/s1. The van der Waals surface area contributed by atoms with Gasteiger partial charge in [-0.05, 0) is 25.5 Å². The first-order chi connectivity index (χ1) is 6.45. The van der Waals surface area contributed by atoms with Crippen molar-refractivity contribution in [1.29, 1.82) is 0 Å². The second-order valence-corrected chi connectivity index (χ2v) is 3.36. The van der Waals surface area contributed by atoms with Gasteiger partial charge in [-0.1, -0.05) is 6.07 Å². The zero-order valence-corrected chi connectivity index (χ0v) is 8.09. The van der Waals surface area contributed by atoms with Gasteiger partial charge in [0, 0.05) is 5.56 Å². The highest BCUT2D eigenvalue weighted by Gasteiger charge is 2.21. The molecule has 0 heterocycles. The van der Waals surface area contributed by atoms with Crippen LogP contribution in [-0.2, 0) is 0 Å². The van der Waals surface area contributed by atoms with Crippen molar-refractivity contribution >= 4 is 0 Å². The Morgan fingerprint density at radius 2 is 1.93 bits per heavy atom. The highest BCUT2D eigenvalue weighted by atomic mass is 19.1. The third-order valence-electron chi connectivity index (χ3n) is 2.17. The molecule has 2 atom stereocenters. The Balaban J connectivity index is 3.25. The van der Waals surface area contributed by atoms with Crippen molar-refractivity contribution in [3.8, 4) is 0 Å². The minimum Gasteiger partial charge on any atom is -0.391 e. The summed E-state index contributed by atoms with van der Waals surface area (Å²) in [7, 11) is 0. The van der Waals surface area contributed by atoms with Gasteiger partial charge in [0.1, 0.15) is 11.6 Å². The molecule has 0 amide bonds. The first-order valence-corrected chi connectivity index (χ1v) is 4.33. The second kappa shape index (κ2) is 4.02. The van der Waals surface area contributed by atoms with Crippen LogP contribution < -0.4 is 5.73 Å². The average Bonchev–Trinajstić information content (AvgIpc) is 2.12. The van der Waals surface area contributed by atoms with E-state index in [1.54, 1.807) is 0 Å². The molecule has 0 aromatic heterocycles. The van der Waals surface area contributed by atoms with Crippen molar-refractivity contribution in [2.75, 3.05) is 0 Å². The lowest BCUT2D eigenvalue weighted by atomic mass is 10.00. The Kier molecular flexibility index (Phi) is 3.18. The SMILES string of the molecule is Cc1ccc(F)c([C@@H](N)[C@H](C)O)c1F. The van der Waals surface area contributed by atoms with Crippen LogP contribution in [0, 0.1) is 18.6 Å². The number of hydrogen-bond donors (Lipinski definition) is 2. The Morgan fingerprint density at radius 1 is 1.36 bits per heavy atom. The molecule has 0 saturated heterocycles. The summed E-state index contributed by atoms with van der Waals surface area (Å²) in [6, 6.07) is 1.45. The Morgan fingerprint density at radius 3 is 2.43 bits per heavy atom. The fourth-order valence-corrected chi connectivity index (χ4v) is 1.23. The minimum atomic E-state index is -1.03. The van der Waals surface area contributed by atoms with Crippen LogP contribution >= 0.6 is 0 Å². The van der Waals surface area contributed by atoms with Crippen LogP contribution in [0.1, 0.15) is 24.1 Å². The van der Waals surface area contributed by atoms with Gasteiger partial charge in [0.25, 0.3) is 0 Å². The van der Waals surface area contributed by atoms with Gasteiger partial charge in [-0.15, -0.1) is 0 Å². The monoisotopic (exact) mass is 201 g/mol. The van der Waals surface area contributed by atoms with E-state index in [9.17, 15) is 8.78 Å². The maximum atomic E-state index is 13.4. The first kappa shape index (κ1) is 11.1. The molecule has 1 aromatic rings. The Labute approximate surface area is 81.4 Å². The van der Waals surface area contributed by atoms with E-state index in [2.05, 4.69) is 0 Å². The molecule has 0 unspecified atom stereocenters. The van der Waals surface area contributed by atoms with Crippen molar-refractivity contribution in [2.45, 2.75) is 26.0 Å². The molecule has 0 radical (unpaired) electrons. The number of aliphatic hydroxyl groups is 1. The molecule has 2 nitrogen and oxygen atoms in total. The summed E-state index contributed by atoms with van der Waals surface area (Å²) < 4.78 is 26.7. The third-order valence-corrected chi connectivity index (χ3v) is 2.17. The number of rotatable bonds is 2. The van der Waals surface area contributed by atoms with E-state index in [1.165, 1.54) is 19.9 Å². The zero-order chi connectivity index (χ0) is 10.9. The summed E-state index contributed by atoms with van der Waals surface area (Å²) in [4.78, 5) is 0. The summed E-state index contributed by atoms with van der Waals surface area (Å²) in [5.41, 5.74) is 5.55. The van der Waals surface area contributed by atoms with Gasteiger partial charge in [0.15, 0.2) is 0 Å². The van der Waals surface area contributed by atoms with Gasteiger partial charge in [-0.2, -0.15) is 0 Å². The van der Waals surface area contributed by atoms with Crippen LogP contribution in [-0.4, -0.2) is 11.2 Å². The summed E-state index contributed by atoms with van der Waals surface area (Å²) in [6.07, 6.45) is -0.985. The molecule has 78 valence electrons. The normalized spacial score (nSPS) is 15.3. The highest BCUT2D eigenvalue weighted by molar-refractivity contribution is 5.29. The number of aryl methyl sites for hydroxylation is 1. The van der Waals surface area contributed by atoms with Crippen LogP contribution in [0.5, 0.6) is 0 Å². The number of benzene rings is 1. The van der Waals surface area contributed by atoms with Crippen molar-refractivity contribution < 1.29 is 13.9 Å². The molecule has 1 aromatic carbocycles. The smallest absolute Gasteiger partial charge is 0.133 e. The van der Waals surface area contributed by atoms with Gasteiger partial charge in [0.05, 0.1) is 12.1 Å². The predicted octanol–water partition coefficient (Wildman–Crippen LogP) is 1.65. The maximum absolute atomic E-state index is 13.4. The molecular formula is C10H13F2NO. The highest BCUT2D eigenvalue weighted by Crippen LogP contribution is 2.23. The Bertz CT molecular complexity index is 339. The van der Waals surface area contributed by atoms with E-state index >= 15 is 0 Å². The summed E-state index contributed by atoms with van der Waals surface area (Å²) >= 11 is 0. The molecular weight excluding hydrogens is 188 g/mol. The second-order valence-electron chi connectivity index (χ2n) is 3.36. The lowest BCUT2D eigenvalue weighted by molar-refractivity contribution is 0.160. The summed E-state index contributed by atoms with van der Waals surface area (Å²) in [5.74, 6) is -1.40. The van der Waals surface area contributed by atoms with E-state index < -0.39 is 23.8 Å². The molecule has 3 N–H and O–H groups in total. The van der Waals surface area contributed by atoms with Crippen LogP contribution in [0.3, 0.4) is 0 Å². The quantitative estimate of drug-likeness (QED) is 0.764. The topological polar surface area (TPSA) is 46.2 Å². The van der Waals surface area contributed by atoms with Crippen LogP contribution in [0.2, 0.25) is 0 Å². The van der Waals surface area contributed by atoms with E-state index in [-0.39, 0.29) is 5.56 Å². The molecule has 0 aliphatic heterocycles. The van der Waals surface area contributed by atoms with Crippen molar-refractivity contribution in [3.05, 3.63) is 34.9 Å². The molecule has 4 heteroatoms. The van der Waals surface area contributed by atoms with E-state index in [1.807, 2.05) is 0 Å². The molecule has 1 rings (SSSR count).